The highest BCUT2D eigenvalue weighted by Gasteiger charge is 2.17. The van der Waals surface area contributed by atoms with Crippen LogP contribution in [0.3, 0.4) is 0 Å². The van der Waals surface area contributed by atoms with Crippen molar-refractivity contribution >= 4 is 5.91 Å². The van der Waals surface area contributed by atoms with Gasteiger partial charge in [0.25, 0.3) is 0 Å². The second-order valence-electron chi connectivity index (χ2n) is 5.24. The Hall–Kier alpha value is -0.610. The van der Waals surface area contributed by atoms with Crippen LogP contribution in [0.4, 0.5) is 0 Å². The zero-order chi connectivity index (χ0) is 12.6. The van der Waals surface area contributed by atoms with Gasteiger partial charge in [0, 0.05) is 18.7 Å². The van der Waals surface area contributed by atoms with Crippen LogP contribution in [0.5, 0.6) is 0 Å². The smallest absolute Gasteiger partial charge is 0.233 e. The van der Waals surface area contributed by atoms with Gasteiger partial charge in [0.05, 0.1) is 6.54 Å². The molecule has 0 bridgehead atoms. The molecule has 1 amide bonds. The molecule has 3 N–H and O–H groups in total. The van der Waals surface area contributed by atoms with E-state index in [1.54, 1.807) is 0 Å². The van der Waals surface area contributed by atoms with Crippen LogP contribution in [0.25, 0.3) is 0 Å². The lowest BCUT2D eigenvalue weighted by Gasteiger charge is -2.25. The standard InChI is InChI=1S/C12H26N2O2/c1-10(2)5-7-13-11(16)9-14-12(3,4)6-8-15/h10,14-15H,5-9H2,1-4H3,(H,13,16). The maximum absolute atomic E-state index is 11.4. The van der Waals surface area contributed by atoms with Crippen molar-refractivity contribution < 1.29 is 9.90 Å². The van der Waals surface area contributed by atoms with Crippen LogP contribution in [-0.2, 0) is 4.79 Å². The third kappa shape index (κ3) is 8.68. The third-order valence-electron chi connectivity index (χ3n) is 2.51. The van der Waals surface area contributed by atoms with Crippen LogP contribution in [0.2, 0.25) is 0 Å². The second-order valence-corrected chi connectivity index (χ2v) is 5.24. The Morgan fingerprint density at radius 3 is 2.50 bits per heavy atom. The molecule has 0 rings (SSSR count). The SMILES string of the molecule is CC(C)CCNC(=O)CNC(C)(C)CCO. The summed E-state index contributed by atoms with van der Waals surface area (Å²) in [6.45, 7) is 9.40. The van der Waals surface area contributed by atoms with Gasteiger partial charge in [-0.15, -0.1) is 0 Å². The molecule has 0 spiro atoms. The highest BCUT2D eigenvalue weighted by Crippen LogP contribution is 2.06. The van der Waals surface area contributed by atoms with Gasteiger partial charge in [0.2, 0.25) is 5.91 Å². The minimum Gasteiger partial charge on any atom is -0.396 e. The first-order valence-electron chi connectivity index (χ1n) is 6.00. The number of carbonyl (C=O) groups is 1. The van der Waals surface area contributed by atoms with Crippen LogP contribution >= 0.6 is 0 Å². The lowest BCUT2D eigenvalue weighted by atomic mass is 10.0. The number of aliphatic hydroxyl groups excluding tert-OH is 1. The van der Waals surface area contributed by atoms with Crippen molar-refractivity contribution in [1.82, 2.24) is 10.6 Å². The molecule has 4 nitrogen and oxygen atoms in total. The minimum absolute atomic E-state index is 0.0201. The summed E-state index contributed by atoms with van der Waals surface area (Å²) < 4.78 is 0. The summed E-state index contributed by atoms with van der Waals surface area (Å²) in [4.78, 5) is 11.4. The molecule has 0 fully saturated rings. The van der Waals surface area contributed by atoms with Gasteiger partial charge in [-0.05, 0) is 32.6 Å². The Bertz CT molecular complexity index is 203. The molecular weight excluding hydrogens is 204 g/mol. The molecule has 0 unspecified atom stereocenters. The van der Waals surface area contributed by atoms with Gasteiger partial charge in [-0.3, -0.25) is 4.79 Å². The zero-order valence-corrected chi connectivity index (χ0v) is 11.0. The average Bonchev–Trinajstić information content (AvgIpc) is 2.14. The van der Waals surface area contributed by atoms with Crippen molar-refractivity contribution in [3.05, 3.63) is 0 Å². The lowest BCUT2D eigenvalue weighted by Crippen LogP contribution is -2.46. The lowest BCUT2D eigenvalue weighted by molar-refractivity contribution is -0.120. The second kappa shape index (κ2) is 7.63. The summed E-state index contributed by atoms with van der Waals surface area (Å²) >= 11 is 0. The Morgan fingerprint density at radius 1 is 1.38 bits per heavy atom. The maximum atomic E-state index is 11.4. The van der Waals surface area contributed by atoms with E-state index in [9.17, 15) is 4.79 Å². The summed E-state index contributed by atoms with van der Waals surface area (Å²) in [5.41, 5.74) is -0.190. The molecule has 0 saturated heterocycles. The van der Waals surface area contributed by atoms with E-state index in [-0.39, 0.29) is 18.1 Å². The van der Waals surface area contributed by atoms with Gasteiger partial charge in [-0.25, -0.2) is 0 Å². The molecule has 0 aliphatic rings. The van der Waals surface area contributed by atoms with E-state index in [0.29, 0.717) is 18.9 Å². The van der Waals surface area contributed by atoms with Crippen molar-refractivity contribution in [3.63, 3.8) is 0 Å². The first-order valence-corrected chi connectivity index (χ1v) is 6.00. The Balaban J connectivity index is 3.64. The number of hydrogen-bond donors (Lipinski definition) is 3. The quantitative estimate of drug-likeness (QED) is 0.580. The van der Waals surface area contributed by atoms with Crippen LogP contribution in [0, 0.1) is 5.92 Å². The van der Waals surface area contributed by atoms with Crippen molar-refractivity contribution in [2.75, 3.05) is 19.7 Å². The molecule has 0 heterocycles. The normalized spacial score (nSPS) is 11.9. The van der Waals surface area contributed by atoms with Gasteiger partial charge in [0.1, 0.15) is 0 Å². The fourth-order valence-electron chi connectivity index (χ4n) is 1.25. The minimum atomic E-state index is -0.190. The summed E-state index contributed by atoms with van der Waals surface area (Å²) in [5, 5.41) is 14.8. The summed E-state index contributed by atoms with van der Waals surface area (Å²) in [5.74, 6) is 0.630. The van der Waals surface area contributed by atoms with E-state index in [4.69, 9.17) is 5.11 Å². The molecule has 0 radical (unpaired) electrons. The van der Waals surface area contributed by atoms with E-state index < -0.39 is 0 Å². The van der Waals surface area contributed by atoms with Gasteiger partial charge in [0.15, 0.2) is 0 Å². The van der Waals surface area contributed by atoms with E-state index in [1.165, 1.54) is 0 Å². The van der Waals surface area contributed by atoms with Crippen molar-refractivity contribution in [1.29, 1.82) is 0 Å². The molecule has 0 aliphatic carbocycles. The van der Waals surface area contributed by atoms with Gasteiger partial charge in [-0.2, -0.15) is 0 Å². The number of rotatable bonds is 8. The Kier molecular flexibility index (Phi) is 7.34. The number of aliphatic hydroxyl groups is 1. The Labute approximate surface area is 98.8 Å². The molecular formula is C12H26N2O2. The van der Waals surface area contributed by atoms with E-state index in [1.807, 2.05) is 13.8 Å². The molecule has 0 aliphatic heterocycles. The van der Waals surface area contributed by atoms with Crippen LogP contribution in [0.15, 0.2) is 0 Å². The van der Waals surface area contributed by atoms with Crippen molar-refractivity contribution in [3.8, 4) is 0 Å². The van der Waals surface area contributed by atoms with E-state index >= 15 is 0 Å². The van der Waals surface area contributed by atoms with Gasteiger partial charge >= 0.3 is 0 Å². The number of carbonyl (C=O) groups excluding carboxylic acids is 1. The first kappa shape index (κ1) is 15.4. The summed E-state index contributed by atoms with van der Waals surface area (Å²) in [6, 6.07) is 0. The summed E-state index contributed by atoms with van der Waals surface area (Å²) in [7, 11) is 0. The summed E-state index contributed by atoms with van der Waals surface area (Å²) in [6.07, 6.45) is 1.65. The topological polar surface area (TPSA) is 61.4 Å². The predicted molar refractivity (Wildman–Crippen MR) is 66.2 cm³/mol. The fraction of sp³-hybridized carbons (Fsp3) is 0.917. The largest absolute Gasteiger partial charge is 0.396 e. The highest BCUT2D eigenvalue weighted by atomic mass is 16.3. The molecule has 0 aromatic rings. The number of amides is 1. The molecule has 4 heteroatoms. The number of nitrogens with one attached hydrogen (secondary N) is 2. The first-order chi connectivity index (χ1) is 7.37. The van der Waals surface area contributed by atoms with Crippen molar-refractivity contribution in [2.24, 2.45) is 5.92 Å². The molecule has 0 atom stereocenters. The Morgan fingerprint density at radius 2 is 2.00 bits per heavy atom. The van der Waals surface area contributed by atoms with Crippen LogP contribution in [-0.4, -0.2) is 36.2 Å². The zero-order valence-electron chi connectivity index (χ0n) is 11.0. The molecule has 16 heavy (non-hydrogen) atoms. The highest BCUT2D eigenvalue weighted by molar-refractivity contribution is 5.78. The van der Waals surface area contributed by atoms with Gasteiger partial charge < -0.3 is 15.7 Å². The fourth-order valence-corrected chi connectivity index (χ4v) is 1.25. The van der Waals surface area contributed by atoms with Crippen LogP contribution in [0.1, 0.15) is 40.5 Å². The van der Waals surface area contributed by atoms with Gasteiger partial charge in [-0.1, -0.05) is 13.8 Å². The average molecular weight is 230 g/mol. The van der Waals surface area contributed by atoms with E-state index in [0.717, 1.165) is 13.0 Å². The molecule has 96 valence electrons. The van der Waals surface area contributed by atoms with E-state index in [2.05, 4.69) is 24.5 Å². The van der Waals surface area contributed by atoms with Crippen molar-refractivity contribution in [2.45, 2.75) is 46.1 Å². The number of hydrogen-bond acceptors (Lipinski definition) is 3. The monoisotopic (exact) mass is 230 g/mol. The molecule has 0 aromatic carbocycles. The predicted octanol–water partition coefficient (Wildman–Crippen LogP) is 0.899. The van der Waals surface area contributed by atoms with Crippen LogP contribution < -0.4 is 10.6 Å². The third-order valence-corrected chi connectivity index (χ3v) is 2.51. The molecule has 0 saturated carbocycles. The molecule has 0 aromatic heterocycles. The maximum Gasteiger partial charge on any atom is 0.233 e.